The third-order valence-corrected chi connectivity index (χ3v) is 6.35. The molecular formula is C25H32N4. The first-order valence-electron chi connectivity index (χ1n) is 11.0. The molecule has 2 atom stereocenters. The van der Waals surface area contributed by atoms with Crippen LogP contribution in [0.25, 0.3) is 16.7 Å². The van der Waals surface area contributed by atoms with Crippen LogP contribution in [0, 0.1) is 36.0 Å². The standard InChI is InChI=1S/C25H32N4/c1-16(2)10-11-20-19(5)21(13-26)24-27-22-8-6-7-9-23(22)29(24)25(20)28-14-17(3)12-18(4)15-28/h6-9,16-18H,10-12,14-15H2,1-5H3. The number of rotatable bonds is 4. The molecule has 3 aromatic rings. The molecule has 0 bridgehead atoms. The Morgan fingerprint density at radius 3 is 2.52 bits per heavy atom. The molecule has 29 heavy (non-hydrogen) atoms. The Morgan fingerprint density at radius 2 is 1.86 bits per heavy atom. The van der Waals surface area contributed by atoms with Gasteiger partial charge >= 0.3 is 0 Å². The van der Waals surface area contributed by atoms with E-state index in [1.807, 2.05) is 6.07 Å². The molecule has 4 rings (SSSR count). The summed E-state index contributed by atoms with van der Waals surface area (Å²) in [4.78, 5) is 7.46. The molecule has 1 fully saturated rings. The van der Waals surface area contributed by atoms with E-state index in [0.717, 1.165) is 53.7 Å². The minimum atomic E-state index is 0.627. The zero-order chi connectivity index (χ0) is 20.7. The molecule has 0 radical (unpaired) electrons. The second kappa shape index (κ2) is 7.71. The number of imidazole rings is 1. The second-order valence-electron chi connectivity index (χ2n) is 9.46. The molecule has 4 heteroatoms. The Hall–Kier alpha value is -2.54. The number of piperidine rings is 1. The smallest absolute Gasteiger partial charge is 0.157 e. The maximum atomic E-state index is 10.0. The summed E-state index contributed by atoms with van der Waals surface area (Å²) in [6.45, 7) is 13.5. The van der Waals surface area contributed by atoms with Crippen LogP contribution in [0.1, 0.15) is 57.2 Å². The molecule has 0 spiro atoms. The van der Waals surface area contributed by atoms with Crippen molar-refractivity contribution in [2.24, 2.45) is 17.8 Å². The summed E-state index contributed by atoms with van der Waals surface area (Å²) in [6.07, 6.45) is 3.39. The summed E-state index contributed by atoms with van der Waals surface area (Å²) in [6, 6.07) is 10.8. The van der Waals surface area contributed by atoms with Crippen LogP contribution in [0.3, 0.4) is 0 Å². The van der Waals surface area contributed by atoms with E-state index < -0.39 is 0 Å². The SMILES string of the molecule is Cc1c(CCC(C)C)c(N2CC(C)CC(C)C2)n2c(nc3ccccc32)c1C#N. The zero-order valence-electron chi connectivity index (χ0n) is 18.4. The summed E-state index contributed by atoms with van der Waals surface area (Å²) in [5, 5.41) is 10.0. The average Bonchev–Trinajstić information content (AvgIpc) is 3.04. The van der Waals surface area contributed by atoms with Gasteiger partial charge in [-0.25, -0.2) is 4.98 Å². The molecule has 0 aliphatic carbocycles. The highest BCUT2D eigenvalue weighted by atomic mass is 15.2. The summed E-state index contributed by atoms with van der Waals surface area (Å²) in [5.41, 5.74) is 6.03. The van der Waals surface area contributed by atoms with E-state index in [0.29, 0.717) is 17.8 Å². The first kappa shape index (κ1) is 19.8. The fourth-order valence-corrected chi connectivity index (χ4v) is 5.06. The number of hydrogen-bond donors (Lipinski definition) is 0. The zero-order valence-corrected chi connectivity index (χ0v) is 18.4. The first-order chi connectivity index (χ1) is 13.9. The lowest BCUT2D eigenvalue weighted by Crippen LogP contribution is -2.40. The van der Waals surface area contributed by atoms with Gasteiger partial charge in [0.15, 0.2) is 5.65 Å². The van der Waals surface area contributed by atoms with E-state index in [2.05, 4.69) is 68.2 Å². The van der Waals surface area contributed by atoms with Gasteiger partial charge in [-0.05, 0) is 67.2 Å². The number of pyridine rings is 1. The lowest BCUT2D eigenvalue weighted by atomic mass is 9.90. The molecule has 1 saturated heterocycles. The average molecular weight is 389 g/mol. The summed E-state index contributed by atoms with van der Waals surface area (Å²) in [7, 11) is 0. The van der Waals surface area contributed by atoms with Crippen molar-refractivity contribution in [1.29, 1.82) is 5.26 Å². The number of nitriles is 1. The van der Waals surface area contributed by atoms with Crippen LogP contribution in [-0.2, 0) is 6.42 Å². The van der Waals surface area contributed by atoms with Gasteiger partial charge in [-0.2, -0.15) is 5.26 Å². The lowest BCUT2D eigenvalue weighted by molar-refractivity contribution is 0.354. The molecule has 1 aliphatic rings. The van der Waals surface area contributed by atoms with Crippen LogP contribution < -0.4 is 4.90 Å². The van der Waals surface area contributed by atoms with Crippen LogP contribution in [-0.4, -0.2) is 22.5 Å². The van der Waals surface area contributed by atoms with Crippen molar-refractivity contribution in [1.82, 2.24) is 9.38 Å². The van der Waals surface area contributed by atoms with Crippen LogP contribution in [0.2, 0.25) is 0 Å². The molecule has 3 heterocycles. The first-order valence-corrected chi connectivity index (χ1v) is 11.0. The van der Waals surface area contributed by atoms with Crippen LogP contribution in [0.5, 0.6) is 0 Å². The highest BCUT2D eigenvalue weighted by Gasteiger charge is 2.29. The molecular weight excluding hydrogens is 356 g/mol. The Morgan fingerprint density at radius 1 is 1.17 bits per heavy atom. The Labute approximate surface area is 174 Å². The normalized spacial score (nSPS) is 20.0. The number of benzene rings is 1. The van der Waals surface area contributed by atoms with Gasteiger partial charge < -0.3 is 4.90 Å². The molecule has 4 nitrogen and oxygen atoms in total. The topological polar surface area (TPSA) is 44.3 Å². The van der Waals surface area contributed by atoms with E-state index >= 15 is 0 Å². The van der Waals surface area contributed by atoms with Gasteiger partial charge in [-0.1, -0.05) is 39.8 Å². The van der Waals surface area contributed by atoms with E-state index in [1.54, 1.807) is 0 Å². The van der Waals surface area contributed by atoms with Crippen molar-refractivity contribution in [2.45, 2.75) is 53.9 Å². The van der Waals surface area contributed by atoms with E-state index in [9.17, 15) is 5.26 Å². The molecule has 2 unspecified atom stereocenters. The predicted molar refractivity (Wildman–Crippen MR) is 120 cm³/mol. The fraction of sp³-hybridized carbons (Fsp3) is 0.520. The monoisotopic (exact) mass is 388 g/mol. The van der Waals surface area contributed by atoms with E-state index in [4.69, 9.17) is 4.98 Å². The number of anilines is 1. The van der Waals surface area contributed by atoms with E-state index in [-0.39, 0.29) is 0 Å². The van der Waals surface area contributed by atoms with Crippen molar-refractivity contribution in [3.05, 3.63) is 41.0 Å². The highest BCUT2D eigenvalue weighted by Crippen LogP contribution is 2.37. The number of hydrogen-bond acceptors (Lipinski definition) is 3. The largest absolute Gasteiger partial charge is 0.357 e. The fourth-order valence-electron chi connectivity index (χ4n) is 5.06. The predicted octanol–water partition coefficient (Wildman–Crippen LogP) is 5.74. The second-order valence-corrected chi connectivity index (χ2v) is 9.46. The van der Waals surface area contributed by atoms with Gasteiger partial charge in [-0.3, -0.25) is 4.40 Å². The molecule has 2 aromatic heterocycles. The number of fused-ring (bicyclic) bond motifs is 3. The van der Waals surface area contributed by atoms with Crippen LogP contribution >= 0.6 is 0 Å². The maximum absolute atomic E-state index is 10.0. The molecule has 1 aliphatic heterocycles. The number of para-hydroxylation sites is 2. The van der Waals surface area contributed by atoms with Crippen molar-refractivity contribution in [3.63, 3.8) is 0 Å². The van der Waals surface area contributed by atoms with Gasteiger partial charge in [-0.15, -0.1) is 0 Å². The van der Waals surface area contributed by atoms with Gasteiger partial charge in [0.1, 0.15) is 11.9 Å². The third kappa shape index (κ3) is 3.48. The van der Waals surface area contributed by atoms with Crippen molar-refractivity contribution < 1.29 is 0 Å². The van der Waals surface area contributed by atoms with E-state index in [1.165, 1.54) is 17.8 Å². The minimum absolute atomic E-state index is 0.627. The molecule has 0 amide bonds. The Bertz CT molecular complexity index is 1080. The van der Waals surface area contributed by atoms with Gasteiger partial charge in [0.05, 0.1) is 16.6 Å². The Balaban J connectivity index is 2.06. The van der Waals surface area contributed by atoms with Gasteiger partial charge in [0, 0.05) is 13.1 Å². The van der Waals surface area contributed by atoms with Crippen LogP contribution in [0.15, 0.2) is 24.3 Å². The summed E-state index contributed by atoms with van der Waals surface area (Å²) >= 11 is 0. The number of nitrogens with zero attached hydrogens (tertiary/aromatic N) is 4. The van der Waals surface area contributed by atoms with Gasteiger partial charge in [0.2, 0.25) is 0 Å². The number of aromatic nitrogens is 2. The third-order valence-electron chi connectivity index (χ3n) is 6.35. The quantitative estimate of drug-likeness (QED) is 0.572. The summed E-state index contributed by atoms with van der Waals surface area (Å²) < 4.78 is 2.28. The molecule has 1 aromatic carbocycles. The summed E-state index contributed by atoms with van der Waals surface area (Å²) in [5.74, 6) is 3.22. The van der Waals surface area contributed by atoms with Crippen molar-refractivity contribution >= 4 is 22.5 Å². The molecule has 0 N–H and O–H groups in total. The molecule has 0 saturated carbocycles. The minimum Gasteiger partial charge on any atom is -0.357 e. The maximum Gasteiger partial charge on any atom is 0.157 e. The van der Waals surface area contributed by atoms with Crippen molar-refractivity contribution in [2.75, 3.05) is 18.0 Å². The van der Waals surface area contributed by atoms with Gasteiger partial charge in [0.25, 0.3) is 0 Å². The Kier molecular flexibility index (Phi) is 5.25. The highest BCUT2D eigenvalue weighted by molar-refractivity contribution is 5.86. The van der Waals surface area contributed by atoms with Crippen molar-refractivity contribution in [3.8, 4) is 6.07 Å². The lowest BCUT2D eigenvalue weighted by Gasteiger charge is -2.38. The van der Waals surface area contributed by atoms with Crippen LogP contribution in [0.4, 0.5) is 5.82 Å². The molecule has 152 valence electrons.